The van der Waals surface area contributed by atoms with Crippen molar-refractivity contribution in [3.8, 4) is 0 Å². The molecule has 0 aliphatic rings. The van der Waals surface area contributed by atoms with Crippen molar-refractivity contribution in [2.24, 2.45) is 0 Å². The number of aromatic nitrogens is 2. The number of carbonyl (C=O) groups excluding carboxylic acids is 2. The van der Waals surface area contributed by atoms with E-state index in [1.807, 2.05) is 20.8 Å². The number of likely N-dealkylation sites (N-methyl/N-ethyl adjacent to an activating group) is 1. The van der Waals surface area contributed by atoms with Crippen molar-refractivity contribution in [2.75, 3.05) is 12.3 Å². The van der Waals surface area contributed by atoms with Gasteiger partial charge in [-0.25, -0.2) is 4.98 Å². The first kappa shape index (κ1) is 21.2. The molecule has 0 saturated carbocycles. The molecule has 2 rings (SSSR count). The van der Waals surface area contributed by atoms with Crippen molar-refractivity contribution in [2.45, 2.75) is 45.4 Å². The Morgan fingerprint density at radius 1 is 1.41 bits per heavy atom. The summed E-state index contributed by atoms with van der Waals surface area (Å²) in [6.45, 7) is 11.8. The van der Waals surface area contributed by atoms with Gasteiger partial charge in [-0.05, 0) is 33.3 Å². The summed E-state index contributed by atoms with van der Waals surface area (Å²) < 4.78 is 1.53. The largest absolute Gasteiger partial charge is 0.355 e. The number of carbonyl (C=O) groups is 2. The van der Waals surface area contributed by atoms with E-state index >= 15 is 0 Å². The van der Waals surface area contributed by atoms with Crippen LogP contribution in [0.5, 0.6) is 0 Å². The molecule has 2 heterocycles. The highest BCUT2D eigenvalue weighted by atomic mass is 32.2. The maximum atomic E-state index is 12.9. The van der Waals surface area contributed by atoms with Gasteiger partial charge in [-0.2, -0.15) is 0 Å². The van der Waals surface area contributed by atoms with Crippen LogP contribution in [0.25, 0.3) is 10.2 Å². The Morgan fingerprint density at radius 3 is 2.74 bits per heavy atom. The van der Waals surface area contributed by atoms with Gasteiger partial charge >= 0.3 is 0 Å². The Labute approximate surface area is 166 Å². The lowest BCUT2D eigenvalue weighted by Crippen LogP contribution is -2.45. The molecule has 2 aromatic heterocycles. The topological polar surface area (TPSA) is 93.1 Å². The lowest BCUT2D eigenvalue weighted by molar-refractivity contribution is -0.127. The molecule has 0 unspecified atom stereocenters. The van der Waals surface area contributed by atoms with E-state index in [4.69, 9.17) is 0 Å². The molecule has 0 aliphatic heterocycles. The molecule has 1 atom stereocenters. The Bertz CT molecular complexity index is 933. The fraction of sp³-hybridized carbons (Fsp3) is 0.444. The Kier molecular flexibility index (Phi) is 7.20. The zero-order valence-electron chi connectivity index (χ0n) is 15.9. The highest BCUT2D eigenvalue weighted by Crippen LogP contribution is 2.28. The molecule has 2 N–H and O–H groups in total. The minimum Gasteiger partial charge on any atom is -0.355 e. The van der Waals surface area contributed by atoms with Crippen LogP contribution in [0.3, 0.4) is 0 Å². The normalized spacial score (nSPS) is 12.0. The Hall–Kier alpha value is -2.13. The number of nitrogens with one attached hydrogen (secondary N) is 2. The molecule has 9 heteroatoms. The lowest BCUT2D eigenvalue weighted by atomic mass is 10.2. The summed E-state index contributed by atoms with van der Waals surface area (Å²) in [5, 5.41) is 6.39. The van der Waals surface area contributed by atoms with Crippen LogP contribution >= 0.6 is 23.1 Å². The molecule has 0 radical (unpaired) electrons. The van der Waals surface area contributed by atoms with Gasteiger partial charge in [0.25, 0.3) is 5.56 Å². The molecule has 0 aliphatic carbocycles. The molecular formula is C18H24N4O3S2. The maximum Gasteiger partial charge on any atom is 0.263 e. The predicted octanol–water partition coefficient (Wildman–Crippen LogP) is 1.99. The molecule has 2 amide bonds. The molecule has 7 nitrogen and oxygen atoms in total. The van der Waals surface area contributed by atoms with Gasteiger partial charge in [0.05, 0.1) is 11.1 Å². The number of allylic oxidation sites excluding steroid dienone is 1. The van der Waals surface area contributed by atoms with E-state index in [0.717, 1.165) is 10.4 Å². The van der Waals surface area contributed by atoms with E-state index in [2.05, 4.69) is 22.2 Å². The number of hydrogen-bond donors (Lipinski definition) is 2. The third kappa shape index (κ3) is 4.78. The molecular weight excluding hydrogens is 384 g/mol. The van der Waals surface area contributed by atoms with Crippen LogP contribution < -0.4 is 16.2 Å². The van der Waals surface area contributed by atoms with Crippen molar-refractivity contribution in [3.63, 3.8) is 0 Å². The van der Waals surface area contributed by atoms with Crippen molar-refractivity contribution in [1.82, 2.24) is 20.2 Å². The van der Waals surface area contributed by atoms with Crippen molar-refractivity contribution < 1.29 is 9.59 Å². The molecule has 27 heavy (non-hydrogen) atoms. The molecule has 0 bridgehead atoms. The number of amides is 2. The predicted molar refractivity (Wildman–Crippen MR) is 111 cm³/mol. The number of nitrogens with zero attached hydrogens (tertiary/aromatic N) is 2. The molecule has 146 valence electrons. The van der Waals surface area contributed by atoms with Crippen molar-refractivity contribution in [3.05, 3.63) is 33.4 Å². The van der Waals surface area contributed by atoms with Gasteiger partial charge in [0.15, 0.2) is 5.16 Å². The standard InChI is InChI=1S/C18H24N4O3S2/c1-6-8-22-17(25)14-10(3)12(5)27-16(14)21-18(22)26-9-13(23)20-11(4)15(24)19-7-2/h6,11H,1,7-9H2,2-5H3,(H,19,24)(H,20,23)/t11-/m0/s1. The first-order valence-corrected chi connectivity index (χ1v) is 10.4. The SMILES string of the molecule is C=CCn1c(SCC(=O)N[C@@H](C)C(=O)NCC)nc2sc(C)c(C)c2c1=O. The summed E-state index contributed by atoms with van der Waals surface area (Å²) >= 11 is 2.64. The summed E-state index contributed by atoms with van der Waals surface area (Å²) in [6, 6.07) is -0.619. The number of fused-ring (bicyclic) bond motifs is 1. The first-order chi connectivity index (χ1) is 12.8. The highest BCUT2D eigenvalue weighted by molar-refractivity contribution is 7.99. The minimum absolute atomic E-state index is 0.0577. The summed E-state index contributed by atoms with van der Waals surface area (Å²) in [5.41, 5.74) is 0.815. The maximum absolute atomic E-state index is 12.9. The Morgan fingerprint density at radius 2 is 2.11 bits per heavy atom. The lowest BCUT2D eigenvalue weighted by Gasteiger charge is -2.14. The van der Waals surface area contributed by atoms with Crippen LogP contribution in [0.15, 0.2) is 22.6 Å². The number of thioether (sulfide) groups is 1. The summed E-state index contributed by atoms with van der Waals surface area (Å²) in [4.78, 5) is 43.1. The molecule has 2 aromatic rings. The van der Waals surface area contributed by atoms with E-state index in [9.17, 15) is 14.4 Å². The number of hydrogen-bond acceptors (Lipinski definition) is 6. The van der Waals surface area contributed by atoms with E-state index in [0.29, 0.717) is 28.5 Å². The van der Waals surface area contributed by atoms with Gasteiger partial charge in [-0.15, -0.1) is 17.9 Å². The second-order valence-corrected chi connectivity index (χ2v) is 8.18. The van der Waals surface area contributed by atoms with E-state index in [-0.39, 0.29) is 23.1 Å². The highest BCUT2D eigenvalue weighted by Gasteiger charge is 2.18. The summed E-state index contributed by atoms with van der Waals surface area (Å²) in [5.74, 6) is -0.470. The zero-order chi connectivity index (χ0) is 20.1. The number of thiophene rings is 1. The van der Waals surface area contributed by atoms with Gasteiger partial charge in [-0.1, -0.05) is 17.8 Å². The minimum atomic E-state index is -0.619. The van der Waals surface area contributed by atoms with E-state index in [1.165, 1.54) is 27.7 Å². The van der Waals surface area contributed by atoms with Gasteiger partial charge < -0.3 is 10.6 Å². The molecule has 0 saturated heterocycles. The zero-order valence-corrected chi connectivity index (χ0v) is 17.6. The van der Waals surface area contributed by atoms with Crippen LogP contribution in [0.2, 0.25) is 0 Å². The number of rotatable bonds is 8. The van der Waals surface area contributed by atoms with Crippen LogP contribution in [0, 0.1) is 13.8 Å². The molecule has 0 spiro atoms. The van der Waals surface area contributed by atoms with Crippen molar-refractivity contribution >= 4 is 45.1 Å². The third-order valence-electron chi connectivity index (χ3n) is 4.02. The van der Waals surface area contributed by atoms with Gasteiger partial charge in [0.2, 0.25) is 11.8 Å². The monoisotopic (exact) mass is 408 g/mol. The quantitative estimate of drug-likeness (QED) is 0.396. The smallest absolute Gasteiger partial charge is 0.263 e. The second-order valence-electron chi connectivity index (χ2n) is 6.03. The first-order valence-electron chi connectivity index (χ1n) is 8.61. The molecule has 0 fully saturated rings. The fourth-order valence-corrected chi connectivity index (χ4v) is 4.41. The van der Waals surface area contributed by atoms with E-state index < -0.39 is 6.04 Å². The second kappa shape index (κ2) is 9.18. The van der Waals surface area contributed by atoms with Crippen LogP contribution in [-0.4, -0.2) is 39.7 Å². The summed E-state index contributed by atoms with van der Waals surface area (Å²) in [7, 11) is 0. The molecule has 0 aromatic carbocycles. The average molecular weight is 409 g/mol. The third-order valence-corrected chi connectivity index (χ3v) is 6.10. The van der Waals surface area contributed by atoms with Gasteiger partial charge in [-0.3, -0.25) is 19.0 Å². The van der Waals surface area contributed by atoms with Crippen LogP contribution in [0.1, 0.15) is 24.3 Å². The van der Waals surface area contributed by atoms with Gasteiger partial charge in [0.1, 0.15) is 10.9 Å². The van der Waals surface area contributed by atoms with Crippen molar-refractivity contribution in [1.29, 1.82) is 0 Å². The van der Waals surface area contributed by atoms with E-state index in [1.54, 1.807) is 13.0 Å². The summed E-state index contributed by atoms with van der Waals surface area (Å²) in [6.07, 6.45) is 1.63. The van der Waals surface area contributed by atoms with Gasteiger partial charge in [0, 0.05) is 18.0 Å². The fourth-order valence-electron chi connectivity index (χ4n) is 2.52. The Balaban J connectivity index is 2.21. The van der Waals surface area contributed by atoms with Crippen LogP contribution in [0.4, 0.5) is 0 Å². The average Bonchev–Trinajstić information content (AvgIpc) is 2.90. The number of aryl methyl sites for hydroxylation is 2. The van der Waals surface area contributed by atoms with Crippen LogP contribution in [-0.2, 0) is 16.1 Å².